The quantitative estimate of drug-likeness (QED) is 0.784. The number of piperidine rings is 1. The number of aliphatic hydroxyl groups is 1. The molecule has 104 valence electrons. The van der Waals surface area contributed by atoms with Gasteiger partial charge >= 0.3 is 0 Å². The Morgan fingerprint density at radius 2 is 2.00 bits per heavy atom. The third-order valence-electron chi connectivity index (χ3n) is 4.85. The SMILES string of the molecule is CC1CCCC(C=O)(CN2CCC(C)(O)CC2)C1. The van der Waals surface area contributed by atoms with Gasteiger partial charge in [0.15, 0.2) is 0 Å². The monoisotopic (exact) mass is 253 g/mol. The molecule has 0 amide bonds. The third kappa shape index (κ3) is 3.33. The van der Waals surface area contributed by atoms with Crippen LogP contribution in [0.15, 0.2) is 0 Å². The summed E-state index contributed by atoms with van der Waals surface area (Å²) >= 11 is 0. The fraction of sp³-hybridized carbons (Fsp3) is 0.933. The van der Waals surface area contributed by atoms with Crippen LogP contribution in [0.4, 0.5) is 0 Å². The summed E-state index contributed by atoms with van der Waals surface area (Å²) in [5.74, 6) is 0.678. The second kappa shape index (κ2) is 5.30. The second-order valence-electron chi connectivity index (χ2n) is 6.95. The summed E-state index contributed by atoms with van der Waals surface area (Å²) in [5.41, 5.74) is -0.606. The largest absolute Gasteiger partial charge is 0.390 e. The van der Waals surface area contributed by atoms with E-state index in [1.54, 1.807) is 0 Å². The maximum Gasteiger partial charge on any atom is 0.127 e. The molecule has 0 bridgehead atoms. The summed E-state index contributed by atoms with van der Waals surface area (Å²) in [6.45, 7) is 6.94. The van der Waals surface area contributed by atoms with Gasteiger partial charge in [0, 0.05) is 25.0 Å². The van der Waals surface area contributed by atoms with Crippen LogP contribution in [0.5, 0.6) is 0 Å². The minimum Gasteiger partial charge on any atom is -0.390 e. The summed E-state index contributed by atoms with van der Waals surface area (Å²) in [4.78, 5) is 13.9. The number of rotatable bonds is 3. The minimum absolute atomic E-state index is 0.110. The van der Waals surface area contributed by atoms with Crippen LogP contribution in [0.1, 0.15) is 52.4 Å². The molecule has 0 radical (unpaired) electrons. The molecule has 3 nitrogen and oxygen atoms in total. The van der Waals surface area contributed by atoms with Crippen LogP contribution in [-0.4, -0.2) is 41.5 Å². The van der Waals surface area contributed by atoms with Crippen LogP contribution in [0, 0.1) is 11.3 Å². The van der Waals surface area contributed by atoms with Crippen molar-refractivity contribution in [3.05, 3.63) is 0 Å². The van der Waals surface area contributed by atoms with Crippen LogP contribution in [0.3, 0.4) is 0 Å². The number of carbonyl (C=O) groups is 1. The van der Waals surface area contributed by atoms with Crippen molar-refractivity contribution < 1.29 is 9.90 Å². The molecule has 0 aromatic carbocycles. The van der Waals surface area contributed by atoms with Gasteiger partial charge in [-0.2, -0.15) is 0 Å². The van der Waals surface area contributed by atoms with E-state index in [0.717, 1.165) is 45.3 Å². The number of aldehydes is 1. The molecule has 1 saturated heterocycles. The maximum atomic E-state index is 11.6. The van der Waals surface area contributed by atoms with Crippen molar-refractivity contribution in [3.63, 3.8) is 0 Å². The van der Waals surface area contributed by atoms with Crippen LogP contribution >= 0.6 is 0 Å². The van der Waals surface area contributed by atoms with Gasteiger partial charge in [0.25, 0.3) is 0 Å². The van der Waals surface area contributed by atoms with Crippen molar-refractivity contribution in [3.8, 4) is 0 Å². The normalized spacial score (nSPS) is 37.4. The maximum absolute atomic E-state index is 11.6. The van der Waals surface area contributed by atoms with E-state index in [9.17, 15) is 9.90 Å². The van der Waals surface area contributed by atoms with Gasteiger partial charge in [-0.3, -0.25) is 0 Å². The number of nitrogens with zero attached hydrogens (tertiary/aromatic N) is 1. The van der Waals surface area contributed by atoms with E-state index in [-0.39, 0.29) is 5.41 Å². The molecule has 0 aromatic rings. The molecule has 3 heteroatoms. The lowest BCUT2D eigenvalue weighted by Crippen LogP contribution is -2.48. The lowest BCUT2D eigenvalue weighted by molar-refractivity contribution is -0.120. The molecule has 18 heavy (non-hydrogen) atoms. The first-order chi connectivity index (χ1) is 8.45. The molecule has 1 heterocycles. The average molecular weight is 253 g/mol. The summed E-state index contributed by atoms with van der Waals surface area (Å²) in [6, 6.07) is 0. The molecule has 2 aliphatic rings. The van der Waals surface area contributed by atoms with E-state index >= 15 is 0 Å². The van der Waals surface area contributed by atoms with Gasteiger partial charge in [-0.1, -0.05) is 19.8 Å². The van der Waals surface area contributed by atoms with E-state index < -0.39 is 5.60 Å². The Balaban J connectivity index is 1.92. The fourth-order valence-corrected chi connectivity index (χ4v) is 3.63. The summed E-state index contributed by atoms with van der Waals surface area (Å²) < 4.78 is 0. The van der Waals surface area contributed by atoms with Crippen LogP contribution < -0.4 is 0 Å². The van der Waals surface area contributed by atoms with Gasteiger partial charge in [0.1, 0.15) is 6.29 Å². The zero-order valence-electron chi connectivity index (χ0n) is 11.8. The molecule has 1 aliphatic carbocycles. The molecular weight excluding hydrogens is 226 g/mol. The highest BCUT2D eigenvalue weighted by Gasteiger charge is 2.38. The van der Waals surface area contributed by atoms with Crippen LogP contribution in [0.25, 0.3) is 0 Å². The minimum atomic E-state index is -0.495. The molecule has 0 aromatic heterocycles. The fourth-order valence-electron chi connectivity index (χ4n) is 3.63. The Hall–Kier alpha value is -0.410. The topological polar surface area (TPSA) is 40.5 Å². The predicted octanol–water partition coefficient (Wildman–Crippen LogP) is 2.23. The second-order valence-corrected chi connectivity index (χ2v) is 6.95. The molecule has 2 unspecified atom stereocenters. The lowest BCUT2D eigenvalue weighted by Gasteiger charge is -2.43. The lowest BCUT2D eigenvalue weighted by atomic mass is 9.70. The Labute approximate surface area is 111 Å². The van der Waals surface area contributed by atoms with Gasteiger partial charge in [-0.25, -0.2) is 0 Å². The number of likely N-dealkylation sites (tertiary alicyclic amines) is 1. The highest BCUT2D eigenvalue weighted by atomic mass is 16.3. The molecule has 1 N–H and O–H groups in total. The van der Waals surface area contributed by atoms with Crippen LogP contribution in [-0.2, 0) is 4.79 Å². The third-order valence-corrected chi connectivity index (χ3v) is 4.85. The first-order valence-electron chi connectivity index (χ1n) is 7.36. The predicted molar refractivity (Wildman–Crippen MR) is 72.4 cm³/mol. The smallest absolute Gasteiger partial charge is 0.127 e. The Kier molecular flexibility index (Phi) is 4.12. The van der Waals surface area contributed by atoms with Gasteiger partial charge in [-0.05, 0) is 38.5 Å². The zero-order valence-corrected chi connectivity index (χ0v) is 11.8. The summed E-state index contributed by atoms with van der Waals surface area (Å²) in [5, 5.41) is 9.97. The van der Waals surface area contributed by atoms with E-state index in [4.69, 9.17) is 0 Å². The molecule has 0 spiro atoms. The Morgan fingerprint density at radius 3 is 2.56 bits per heavy atom. The summed E-state index contributed by atoms with van der Waals surface area (Å²) in [7, 11) is 0. The highest BCUT2D eigenvalue weighted by Crippen LogP contribution is 2.39. The molecule has 2 rings (SSSR count). The van der Waals surface area contributed by atoms with Gasteiger partial charge in [-0.15, -0.1) is 0 Å². The summed E-state index contributed by atoms with van der Waals surface area (Å²) in [6.07, 6.45) is 7.43. The number of hydrogen-bond donors (Lipinski definition) is 1. The molecule has 2 atom stereocenters. The Morgan fingerprint density at radius 1 is 1.33 bits per heavy atom. The highest BCUT2D eigenvalue weighted by molar-refractivity contribution is 5.60. The van der Waals surface area contributed by atoms with Crippen molar-refractivity contribution in [2.75, 3.05) is 19.6 Å². The van der Waals surface area contributed by atoms with Crippen LogP contribution in [0.2, 0.25) is 0 Å². The molecule has 2 fully saturated rings. The number of hydrogen-bond acceptors (Lipinski definition) is 3. The van der Waals surface area contributed by atoms with Crippen molar-refractivity contribution in [1.29, 1.82) is 0 Å². The molecular formula is C15H27NO2. The standard InChI is InChI=1S/C15H27NO2/c1-13-4-3-5-15(10-13,12-17)11-16-8-6-14(2,18)7-9-16/h12-13,18H,3-11H2,1-2H3. The van der Waals surface area contributed by atoms with Gasteiger partial charge in [0.2, 0.25) is 0 Å². The average Bonchev–Trinajstić information content (AvgIpc) is 2.32. The Bertz CT molecular complexity index is 293. The van der Waals surface area contributed by atoms with E-state index in [0.29, 0.717) is 5.92 Å². The van der Waals surface area contributed by atoms with E-state index in [1.807, 2.05) is 6.92 Å². The first-order valence-corrected chi connectivity index (χ1v) is 7.36. The van der Waals surface area contributed by atoms with Crippen molar-refractivity contribution >= 4 is 6.29 Å². The van der Waals surface area contributed by atoms with Crippen molar-refractivity contribution in [2.45, 2.75) is 58.0 Å². The van der Waals surface area contributed by atoms with E-state index in [2.05, 4.69) is 11.8 Å². The van der Waals surface area contributed by atoms with Crippen molar-refractivity contribution in [2.24, 2.45) is 11.3 Å². The molecule has 1 aliphatic heterocycles. The molecule has 1 saturated carbocycles. The van der Waals surface area contributed by atoms with Gasteiger partial charge in [0.05, 0.1) is 5.60 Å². The van der Waals surface area contributed by atoms with Gasteiger partial charge < -0.3 is 14.8 Å². The number of carbonyl (C=O) groups excluding carboxylic acids is 1. The van der Waals surface area contributed by atoms with E-state index in [1.165, 1.54) is 19.1 Å². The van der Waals surface area contributed by atoms with Crippen molar-refractivity contribution in [1.82, 2.24) is 4.90 Å². The zero-order chi connectivity index (χ0) is 13.2. The first kappa shape index (κ1) is 14.0.